The minimum Gasteiger partial charge on any atom is -0.359 e. The molecule has 0 aliphatic carbocycles. The Bertz CT molecular complexity index is 666. The SMILES string of the molecule is CC1OCCCN1C(=O)c1ccc(S(=O)(=O)N2CCCC2)cc1. The van der Waals surface area contributed by atoms with Crippen molar-refractivity contribution in [3.05, 3.63) is 29.8 Å². The van der Waals surface area contributed by atoms with Gasteiger partial charge < -0.3 is 9.64 Å². The van der Waals surface area contributed by atoms with E-state index in [1.807, 2.05) is 6.92 Å². The van der Waals surface area contributed by atoms with Gasteiger partial charge in [0.25, 0.3) is 5.91 Å². The van der Waals surface area contributed by atoms with Gasteiger partial charge in [-0.1, -0.05) is 0 Å². The van der Waals surface area contributed by atoms with Crippen LogP contribution in [0, 0.1) is 0 Å². The zero-order valence-electron chi connectivity index (χ0n) is 13.3. The summed E-state index contributed by atoms with van der Waals surface area (Å²) in [7, 11) is -3.43. The molecule has 3 rings (SSSR count). The third-order valence-corrected chi connectivity index (χ3v) is 6.32. The lowest BCUT2D eigenvalue weighted by Gasteiger charge is -2.33. The molecule has 1 aromatic carbocycles. The number of hydrogen-bond donors (Lipinski definition) is 0. The van der Waals surface area contributed by atoms with E-state index in [0.717, 1.165) is 19.3 Å². The molecule has 0 bridgehead atoms. The number of hydrogen-bond acceptors (Lipinski definition) is 4. The normalized spacial score (nSPS) is 23.2. The molecule has 2 aliphatic heterocycles. The Hall–Kier alpha value is -1.44. The summed E-state index contributed by atoms with van der Waals surface area (Å²) in [6.07, 6.45) is 2.38. The maximum Gasteiger partial charge on any atom is 0.255 e. The maximum atomic E-state index is 12.5. The van der Waals surface area contributed by atoms with Crippen molar-refractivity contribution in [1.82, 2.24) is 9.21 Å². The lowest BCUT2D eigenvalue weighted by molar-refractivity contribution is -0.0661. The fourth-order valence-corrected chi connectivity index (χ4v) is 4.56. The Kier molecular flexibility index (Phi) is 4.70. The van der Waals surface area contributed by atoms with E-state index in [-0.39, 0.29) is 17.0 Å². The first kappa shape index (κ1) is 16.4. The standard InChI is InChI=1S/C16H22N2O4S/c1-13-18(11-4-12-22-13)16(19)14-5-7-15(8-6-14)23(20,21)17-9-2-3-10-17/h5-8,13H,2-4,9-12H2,1H3. The molecule has 2 fully saturated rings. The second-order valence-electron chi connectivity index (χ2n) is 5.96. The van der Waals surface area contributed by atoms with Gasteiger partial charge in [-0.2, -0.15) is 4.31 Å². The van der Waals surface area contributed by atoms with Gasteiger partial charge in [0.15, 0.2) is 0 Å². The highest BCUT2D eigenvalue weighted by Crippen LogP contribution is 2.22. The number of benzene rings is 1. The van der Waals surface area contributed by atoms with Crippen molar-refractivity contribution in [1.29, 1.82) is 0 Å². The molecule has 0 radical (unpaired) electrons. The van der Waals surface area contributed by atoms with Crippen LogP contribution in [0.3, 0.4) is 0 Å². The van der Waals surface area contributed by atoms with Crippen LogP contribution in [0.1, 0.15) is 36.5 Å². The van der Waals surface area contributed by atoms with Crippen LogP contribution < -0.4 is 0 Å². The van der Waals surface area contributed by atoms with Crippen LogP contribution in [-0.2, 0) is 14.8 Å². The van der Waals surface area contributed by atoms with E-state index in [1.165, 1.54) is 16.4 Å². The first-order valence-corrected chi connectivity index (χ1v) is 9.47. The molecule has 2 heterocycles. The Balaban J connectivity index is 1.77. The predicted molar refractivity (Wildman–Crippen MR) is 85.5 cm³/mol. The van der Waals surface area contributed by atoms with Gasteiger partial charge in [0.1, 0.15) is 6.23 Å². The number of carbonyl (C=O) groups is 1. The first-order chi connectivity index (χ1) is 11.0. The van der Waals surface area contributed by atoms with E-state index in [0.29, 0.717) is 31.8 Å². The first-order valence-electron chi connectivity index (χ1n) is 8.03. The Morgan fingerprint density at radius 2 is 1.74 bits per heavy atom. The van der Waals surface area contributed by atoms with E-state index < -0.39 is 10.0 Å². The van der Waals surface area contributed by atoms with Gasteiger partial charge in [0.2, 0.25) is 10.0 Å². The van der Waals surface area contributed by atoms with Crippen LogP contribution in [0.4, 0.5) is 0 Å². The second-order valence-corrected chi connectivity index (χ2v) is 7.90. The van der Waals surface area contributed by atoms with Crippen LogP contribution in [0.2, 0.25) is 0 Å². The molecule has 1 unspecified atom stereocenters. The van der Waals surface area contributed by atoms with Crippen molar-refractivity contribution in [2.24, 2.45) is 0 Å². The van der Waals surface area contributed by atoms with Crippen molar-refractivity contribution in [2.75, 3.05) is 26.2 Å². The highest BCUT2D eigenvalue weighted by Gasteiger charge is 2.28. The number of carbonyl (C=O) groups excluding carboxylic acids is 1. The third kappa shape index (κ3) is 3.27. The molecule has 23 heavy (non-hydrogen) atoms. The summed E-state index contributed by atoms with van der Waals surface area (Å²) in [5.41, 5.74) is 0.489. The van der Waals surface area contributed by atoms with Gasteiger partial charge in [-0.3, -0.25) is 4.79 Å². The number of amides is 1. The maximum absolute atomic E-state index is 12.5. The van der Waals surface area contributed by atoms with E-state index in [1.54, 1.807) is 17.0 Å². The van der Waals surface area contributed by atoms with Gasteiger partial charge in [0, 0.05) is 25.2 Å². The average molecular weight is 338 g/mol. The van der Waals surface area contributed by atoms with Crippen molar-refractivity contribution >= 4 is 15.9 Å². The second kappa shape index (κ2) is 6.59. The predicted octanol–water partition coefficient (Wildman–Crippen LogP) is 1.68. The zero-order chi connectivity index (χ0) is 16.4. The number of ether oxygens (including phenoxy) is 1. The van der Waals surface area contributed by atoms with Crippen LogP contribution >= 0.6 is 0 Å². The summed E-state index contributed by atoms with van der Waals surface area (Å²) in [6, 6.07) is 6.23. The Labute approximate surface area is 137 Å². The fraction of sp³-hybridized carbons (Fsp3) is 0.562. The molecule has 0 saturated carbocycles. The minimum absolute atomic E-state index is 0.123. The van der Waals surface area contributed by atoms with Gasteiger partial charge >= 0.3 is 0 Å². The molecule has 7 heteroatoms. The Morgan fingerprint density at radius 1 is 1.09 bits per heavy atom. The lowest BCUT2D eigenvalue weighted by atomic mass is 10.2. The molecular weight excluding hydrogens is 316 g/mol. The van der Waals surface area contributed by atoms with Crippen molar-refractivity contribution in [2.45, 2.75) is 37.3 Å². The smallest absolute Gasteiger partial charge is 0.255 e. The van der Waals surface area contributed by atoms with Crippen molar-refractivity contribution in [3.8, 4) is 0 Å². The largest absolute Gasteiger partial charge is 0.359 e. The zero-order valence-corrected chi connectivity index (χ0v) is 14.1. The van der Waals surface area contributed by atoms with Crippen LogP contribution in [0.25, 0.3) is 0 Å². The van der Waals surface area contributed by atoms with Gasteiger partial charge in [-0.25, -0.2) is 8.42 Å². The highest BCUT2D eigenvalue weighted by atomic mass is 32.2. The molecule has 1 atom stereocenters. The molecule has 126 valence electrons. The third-order valence-electron chi connectivity index (χ3n) is 4.41. The van der Waals surface area contributed by atoms with E-state index in [9.17, 15) is 13.2 Å². The van der Waals surface area contributed by atoms with E-state index in [2.05, 4.69) is 0 Å². The Morgan fingerprint density at radius 3 is 2.35 bits per heavy atom. The molecule has 6 nitrogen and oxygen atoms in total. The number of sulfonamides is 1. The molecule has 0 aromatic heterocycles. The summed E-state index contributed by atoms with van der Waals surface area (Å²) in [5, 5.41) is 0. The summed E-state index contributed by atoms with van der Waals surface area (Å²) in [5.74, 6) is -0.123. The van der Waals surface area contributed by atoms with Crippen LogP contribution in [0.15, 0.2) is 29.2 Å². The summed E-state index contributed by atoms with van der Waals surface area (Å²) < 4.78 is 31.9. The van der Waals surface area contributed by atoms with Gasteiger partial charge in [-0.05, 0) is 50.5 Å². The molecule has 2 saturated heterocycles. The summed E-state index contributed by atoms with van der Waals surface area (Å²) >= 11 is 0. The van der Waals surface area contributed by atoms with Crippen LogP contribution in [-0.4, -0.2) is 56.0 Å². The lowest BCUT2D eigenvalue weighted by Crippen LogP contribution is -2.44. The van der Waals surface area contributed by atoms with Crippen LogP contribution in [0.5, 0.6) is 0 Å². The summed E-state index contributed by atoms with van der Waals surface area (Å²) in [6.45, 7) is 4.33. The number of rotatable bonds is 3. The minimum atomic E-state index is -3.43. The van der Waals surface area contributed by atoms with Gasteiger partial charge in [-0.15, -0.1) is 0 Å². The molecular formula is C16H22N2O4S. The molecule has 1 amide bonds. The quantitative estimate of drug-likeness (QED) is 0.841. The molecule has 2 aliphatic rings. The fourth-order valence-electron chi connectivity index (χ4n) is 3.04. The van der Waals surface area contributed by atoms with Crippen molar-refractivity contribution in [3.63, 3.8) is 0 Å². The van der Waals surface area contributed by atoms with Gasteiger partial charge in [0.05, 0.1) is 11.5 Å². The molecule has 0 spiro atoms. The van der Waals surface area contributed by atoms with E-state index >= 15 is 0 Å². The topological polar surface area (TPSA) is 66.9 Å². The summed E-state index contributed by atoms with van der Waals surface area (Å²) in [4.78, 5) is 14.4. The van der Waals surface area contributed by atoms with E-state index in [4.69, 9.17) is 4.74 Å². The average Bonchev–Trinajstić information content (AvgIpc) is 3.10. The highest BCUT2D eigenvalue weighted by molar-refractivity contribution is 7.89. The molecule has 1 aromatic rings. The monoisotopic (exact) mass is 338 g/mol. The number of nitrogens with zero attached hydrogens (tertiary/aromatic N) is 2. The van der Waals surface area contributed by atoms with Crippen molar-refractivity contribution < 1.29 is 17.9 Å². The molecule has 0 N–H and O–H groups in total.